The van der Waals surface area contributed by atoms with Gasteiger partial charge in [-0.05, 0) is 24.6 Å². The maximum atomic E-state index is 15.2. The average molecular weight is 424 g/mol. The van der Waals surface area contributed by atoms with Crippen LogP contribution in [0.4, 0.5) is 14.7 Å². The number of fused-ring (bicyclic) bond motifs is 2. The molecule has 4 N–H and O–H groups in total. The van der Waals surface area contributed by atoms with E-state index in [-0.39, 0.29) is 18.0 Å². The predicted octanol–water partition coefficient (Wildman–Crippen LogP) is 1.80. The number of rotatable bonds is 5. The third-order valence-corrected chi connectivity index (χ3v) is 5.13. The van der Waals surface area contributed by atoms with Crippen molar-refractivity contribution in [1.29, 1.82) is 0 Å². The maximum absolute atomic E-state index is 15.2. The Bertz CT molecular complexity index is 1260. The van der Waals surface area contributed by atoms with Crippen molar-refractivity contribution >= 4 is 17.0 Å². The van der Waals surface area contributed by atoms with Gasteiger partial charge in [-0.2, -0.15) is 5.10 Å². The zero-order chi connectivity index (χ0) is 21.4. The first-order valence-corrected chi connectivity index (χ1v) is 9.75. The van der Waals surface area contributed by atoms with Gasteiger partial charge in [0.05, 0.1) is 18.4 Å². The minimum absolute atomic E-state index is 0.0410. The molecular formula is C20H18F2N8O. The van der Waals surface area contributed by atoms with Crippen molar-refractivity contribution in [3.8, 4) is 22.6 Å². The van der Waals surface area contributed by atoms with Gasteiger partial charge >= 0.3 is 0 Å². The number of benzene rings is 1. The summed E-state index contributed by atoms with van der Waals surface area (Å²) >= 11 is 0. The summed E-state index contributed by atoms with van der Waals surface area (Å²) in [5.41, 5.74) is 2.78. The van der Waals surface area contributed by atoms with Gasteiger partial charge in [0.1, 0.15) is 28.4 Å². The van der Waals surface area contributed by atoms with Crippen molar-refractivity contribution in [2.45, 2.75) is 13.0 Å². The Kier molecular flexibility index (Phi) is 4.96. The number of halogens is 2. The van der Waals surface area contributed by atoms with Crippen LogP contribution in [-0.2, 0) is 13.0 Å². The summed E-state index contributed by atoms with van der Waals surface area (Å²) in [5, 5.41) is 21.9. The average Bonchev–Trinajstić information content (AvgIpc) is 3.21. The summed E-state index contributed by atoms with van der Waals surface area (Å²) in [6, 6.07) is 1.37. The van der Waals surface area contributed by atoms with Gasteiger partial charge in [-0.3, -0.25) is 5.10 Å². The second-order valence-corrected chi connectivity index (χ2v) is 7.09. The molecular weight excluding hydrogens is 406 g/mol. The van der Waals surface area contributed by atoms with E-state index in [2.05, 4.69) is 40.8 Å². The van der Waals surface area contributed by atoms with E-state index in [9.17, 15) is 4.39 Å². The quantitative estimate of drug-likeness (QED) is 0.382. The second kappa shape index (κ2) is 7.93. The van der Waals surface area contributed by atoms with Crippen LogP contribution < -0.4 is 10.6 Å². The van der Waals surface area contributed by atoms with Crippen LogP contribution in [0.1, 0.15) is 11.1 Å². The third-order valence-electron chi connectivity index (χ3n) is 5.13. The number of aromatic nitrogens is 6. The molecule has 0 saturated carbocycles. The Morgan fingerprint density at radius 2 is 1.97 bits per heavy atom. The summed E-state index contributed by atoms with van der Waals surface area (Å²) in [7, 11) is 0. The summed E-state index contributed by atoms with van der Waals surface area (Å²) in [6.07, 6.45) is 5.12. The Balaban J connectivity index is 1.57. The first-order chi connectivity index (χ1) is 15.2. The smallest absolute Gasteiger partial charge is 0.222 e. The Morgan fingerprint density at radius 1 is 1.13 bits per heavy atom. The van der Waals surface area contributed by atoms with Crippen molar-refractivity contribution in [3.05, 3.63) is 47.4 Å². The molecule has 9 nitrogen and oxygen atoms in total. The standard InChI is InChI=1S/C20H18F2N8O/c21-13-5-10-1-2-23-8-12(10)16(22)15(13)19-25-9-14-18(28-19)17(30-29-14)11-6-26-20(27-7-11)24-3-4-31/h5-7,9,23,31H,1-4,8H2,(H,29,30)(H,24,26,27). The topological polar surface area (TPSA) is 125 Å². The van der Waals surface area contributed by atoms with Crippen LogP contribution in [0, 0.1) is 11.6 Å². The monoisotopic (exact) mass is 424 g/mol. The SMILES string of the molecule is OCCNc1ncc(-c2n[nH]c3cnc(-c4c(F)cc5c(c4F)CNCC5)nc23)cn1. The van der Waals surface area contributed by atoms with Crippen LogP contribution in [0.5, 0.6) is 0 Å². The fourth-order valence-corrected chi connectivity index (χ4v) is 3.61. The molecule has 0 bridgehead atoms. The van der Waals surface area contributed by atoms with Crippen LogP contribution in [-0.4, -0.2) is 54.9 Å². The molecule has 1 aliphatic rings. The van der Waals surface area contributed by atoms with Crippen molar-refractivity contribution in [3.63, 3.8) is 0 Å². The lowest BCUT2D eigenvalue weighted by Crippen LogP contribution is -2.25. The highest BCUT2D eigenvalue weighted by Gasteiger charge is 2.24. The van der Waals surface area contributed by atoms with Crippen molar-refractivity contribution < 1.29 is 13.9 Å². The molecule has 0 spiro atoms. The number of aliphatic hydroxyl groups excluding tert-OH is 1. The fraction of sp³-hybridized carbons (Fsp3) is 0.250. The molecule has 0 amide bonds. The highest BCUT2D eigenvalue weighted by atomic mass is 19.1. The molecule has 5 rings (SSSR count). The highest BCUT2D eigenvalue weighted by molar-refractivity contribution is 5.89. The molecule has 0 unspecified atom stereocenters. The van der Waals surface area contributed by atoms with E-state index in [0.717, 1.165) is 0 Å². The van der Waals surface area contributed by atoms with Crippen LogP contribution in [0.3, 0.4) is 0 Å². The molecule has 3 aromatic heterocycles. The Hall–Kier alpha value is -3.57. The zero-order valence-corrected chi connectivity index (χ0v) is 16.3. The number of hydrogen-bond acceptors (Lipinski definition) is 8. The predicted molar refractivity (Wildman–Crippen MR) is 109 cm³/mol. The van der Waals surface area contributed by atoms with E-state index in [1.165, 1.54) is 12.3 Å². The normalized spacial score (nSPS) is 13.4. The van der Waals surface area contributed by atoms with Crippen molar-refractivity contribution in [1.82, 2.24) is 35.5 Å². The number of H-pyrrole nitrogens is 1. The molecule has 4 heterocycles. The molecule has 0 fully saturated rings. The number of aliphatic hydroxyl groups is 1. The van der Waals surface area contributed by atoms with E-state index in [1.807, 2.05) is 0 Å². The van der Waals surface area contributed by atoms with Gasteiger partial charge in [0, 0.05) is 36.6 Å². The van der Waals surface area contributed by atoms with E-state index >= 15 is 4.39 Å². The van der Waals surface area contributed by atoms with Gasteiger partial charge in [0.15, 0.2) is 5.82 Å². The Labute approximate surface area is 175 Å². The van der Waals surface area contributed by atoms with Gasteiger partial charge in [-0.1, -0.05) is 0 Å². The molecule has 0 saturated heterocycles. The minimum atomic E-state index is -0.690. The first-order valence-electron chi connectivity index (χ1n) is 9.75. The van der Waals surface area contributed by atoms with E-state index < -0.39 is 11.6 Å². The molecule has 158 valence electrons. The summed E-state index contributed by atoms with van der Waals surface area (Å²) in [5.74, 6) is -1.03. The maximum Gasteiger partial charge on any atom is 0.222 e. The number of hydrogen-bond donors (Lipinski definition) is 4. The van der Waals surface area contributed by atoms with Crippen LogP contribution in [0.2, 0.25) is 0 Å². The van der Waals surface area contributed by atoms with Gasteiger partial charge in [-0.15, -0.1) is 0 Å². The molecule has 11 heteroatoms. The number of anilines is 1. The summed E-state index contributed by atoms with van der Waals surface area (Å²) in [6.45, 7) is 1.31. The molecule has 0 aliphatic carbocycles. The van der Waals surface area contributed by atoms with Crippen molar-refractivity contribution in [2.24, 2.45) is 0 Å². The van der Waals surface area contributed by atoms with Crippen molar-refractivity contribution in [2.75, 3.05) is 25.0 Å². The zero-order valence-electron chi connectivity index (χ0n) is 16.3. The summed E-state index contributed by atoms with van der Waals surface area (Å²) < 4.78 is 30.0. The Morgan fingerprint density at radius 3 is 2.77 bits per heavy atom. The molecule has 0 atom stereocenters. The molecule has 1 aliphatic heterocycles. The van der Waals surface area contributed by atoms with Gasteiger partial charge < -0.3 is 15.7 Å². The molecule has 1 aromatic carbocycles. The van der Waals surface area contributed by atoms with E-state index in [4.69, 9.17) is 5.11 Å². The van der Waals surface area contributed by atoms with E-state index in [0.29, 0.717) is 65.4 Å². The lowest BCUT2D eigenvalue weighted by Gasteiger charge is -2.19. The number of aromatic amines is 1. The molecule has 4 aromatic rings. The van der Waals surface area contributed by atoms with E-state index in [1.54, 1.807) is 12.4 Å². The third kappa shape index (κ3) is 3.47. The molecule has 31 heavy (non-hydrogen) atoms. The van der Waals surface area contributed by atoms with Gasteiger partial charge in [0.2, 0.25) is 5.95 Å². The second-order valence-electron chi connectivity index (χ2n) is 7.09. The largest absolute Gasteiger partial charge is 0.395 e. The minimum Gasteiger partial charge on any atom is -0.395 e. The van der Waals surface area contributed by atoms with Crippen LogP contribution >= 0.6 is 0 Å². The first kappa shape index (κ1) is 19.4. The van der Waals surface area contributed by atoms with Crippen LogP contribution in [0.25, 0.3) is 33.7 Å². The number of nitrogens with one attached hydrogen (secondary N) is 3. The summed E-state index contributed by atoms with van der Waals surface area (Å²) in [4.78, 5) is 16.9. The lowest BCUT2D eigenvalue weighted by molar-refractivity contribution is 0.311. The van der Waals surface area contributed by atoms with Gasteiger partial charge in [0.25, 0.3) is 0 Å². The number of nitrogens with zero attached hydrogens (tertiary/aromatic N) is 5. The molecule has 0 radical (unpaired) electrons. The highest BCUT2D eigenvalue weighted by Crippen LogP contribution is 2.32. The fourth-order valence-electron chi connectivity index (χ4n) is 3.61. The van der Waals surface area contributed by atoms with Gasteiger partial charge in [-0.25, -0.2) is 28.7 Å². The lowest BCUT2D eigenvalue weighted by atomic mass is 9.96. The van der Waals surface area contributed by atoms with Crippen LogP contribution in [0.15, 0.2) is 24.7 Å².